The number of hydrogen-bond donors (Lipinski definition) is 0. The molecule has 4 aliphatic heterocycles. The van der Waals surface area contributed by atoms with Gasteiger partial charge in [-0.2, -0.15) is 0 Å². The molecule has 1 spiro atoms. The molecule has 2 aromatic rings. The number of nitrogens with zero attached hydrogens (tertiary/aromatic N) is 2. The Bertz CT molecular complexity index is 996. The molecule has 0 radical (unpaired) electrons. The summed E-state index contributed by atoms with van der Waals surface area (Å²) in [5, 5.41) is 0.718. The third-order valence-electron chi connectivity index (χ3n) is 7.18. The molecule has 0 aliphatic carbocycles. The molecule has 0 N–H and O–H groups in total. The third kappa shape index (κ3) is 2.47. The molecule has 3 atom stereocenters. The molecule has 0 saturated carbocycles. The molecular weight excluding hydrogens is 388 g/mol. The first-order valence-electron chi connectivity index (χ1n) is 10.4. The number of halogens is 1. The monoisotopic (exact) mass is 410 g/mol. The van der Waals surface area contributed by atoms with Crippen molar-refractivity contribution < 1.29 is 14.3 Å². The van der Waals surface area contributed by atoms with Gasteiger partial charge in [-0.05, 0) is 49.6 Å². The van der Waals surface area contributed by atoms with Crippen LogP contribution < -0.4 is 9.47 Å². The zero-order valence-electron chi connectivity index (χ0n) is 16.1. The van der Waals surface area contributed by atoms with E-state index in [1.165, 1.54) is 5.56 Å². The van der Waals surface area contributed by atoms with Gasteiger partial charge in [-0.1, -0.05) is 35.9 Å². The molecule has 0 unspecified atom stereocenters. The fourth-order valence-electron chi connectivity index (χ4n) is 6.08. The van der Waals surface area contributed by atoms with E-state index < -0.39 is 0 Å². The van der Waals surface area contributed by atoms with E-state index in [0.717, 1.165) is 54.4 Å². The number of benzene rings is 2. The summed E-state index contributed by atoms with van der Waals surface area (Å²) in [6.45, 7) is 2.68. The van der Waals surface area contributed by atoms with Crippen molar-refractivity contribution in [3.63, 3.8) is 0 Å². The average Bonchev–Trinajstić information content (AvgIpc) is 3.45. The van der Waals surface area contributed by atoms with Crippen LogP contribution in [0.15, 0.2) is 42.5 Å². The van der Waals surface area contributed by atoms with Crippen LogP contribution >= 0.6 is 11.6 Å². The largest absolute Gasteiger partial charge is 0.454 e. The van der Waals surface area contributed by atoms with Crippen molar-refractivity contribution in [3.8, 4) is 11.5 Å². The minimum Gasteiger partial charge on any atom is -0.454 e. The van der Waals surface area contributed by atoms with E-state index >= 15 is 0 Å². The smallest absolute Gasteiger partial charge is 0.243 e. The van der Waals surface area contributed by atoms with Crippen LogP contribution in [0.4, 0.5) is 0 Å². The molecule has 5 nitrogen and oxygen atoms in total. The second kappa shape index (κ2) is 6.38. The summed E-state index contributed by atoms with van der Waals surface area (Å²) < 4.78 is 11.4. The lowest BCUT2D eigenvalue weighted by Crippen LogP contribution is -2.49. The van der Waals surface area contributed by atoms with Gasteiger partial charge in [0.25, 0.3) is 0 Å². The normalized spacial score (nSPS) is 30.1. The van der Waals surface area contributed by atoms with Crippen molar-refractivity contribution >= 4 is 17.5 Å². The fraction of sp³-hybridized carbons (Fsp3) is 0.435. The zero-order chi connectivity index (χ0) is 19.6. The number of rotatable bonds is 3. The van der Waals surface area contributed by atoms with Gasteiger partial charge in [-0.15, -0.1) is 0 Å². The predicted molar refractivity (Wildman–Crippen MR) is 109 cm³/mol. The van der Waals surface area contributed by atoms with Crippen molar-refractivity contribution in [2.45, 2.75) is 37.4 Å². The van der Waals surface area contributed by atoms with Gasteiger partial charge in [-0.3, -0.25) is 9.69 Å². The van der Waals surface area contributed by atoms with Crippen molar-refractivity contribution in [1.29, 1.82) is 0 Å². The van der Waals surface area contributed by atoms with Crippen molar-refractivity contribution in [2.75, 3.05) is 19.9 Å². The molecule has 4 heterocycles. The Morgan fingerprint density at radius 3 is 2.97 bits per heavy atom. The summed E-state index contributed by atoms with van der Waals surface area (Å²) in [5.41, 5.74) is 1.91. The van der Waals surface area contributed by atoms with Gasteiger partial charge in [0, 0.05) is 35.6 Å². The Kier molecular flexibility index (Phi) is 3.87. The number of carbonyl (C=O) groups is 1. The second-order valence-electron chi connectivity index (χ2n) is 8.57. The number of para-hydroxylation sites is 1. The standard InChI is InChI=1S/C23H23ClN2O3/c24-17-5-1-4-15(10-17)12-25-13-16-11-19(26-9-3-8-23(16,26)22(25)27)18-6-2-7-20-21(18)29-14-28-20/h1-2,4-7,10,16,19H,3,8-9,11-14H2/t16-,19-,23-/m0/s1. The summed E-state index contributed by atoms with van der Waals surface area (Å²) in [7, 11) is 0. The van der Waals surface area contributed by atoms with E-state index in [4.69, 9.17) is 21.1 Å². The number of fused-ring (bicyclic) bond motifs is 1. The van der Waals surface area contributed by atoms with E-state index in [9.17, 15) is 4.79 Å². The number of hydrogen-bond acceptors (Lipinski definition) is 4. The Hall–Kier alpha value is -2.24. The summed E-state index contributed by atoms with van der Waals surface area (Å²) in [4.78, 5) is 18.2. The second-order valence-corrected chi connectivity index (χ2v) is 9.00. The maximum absolute atomic E-state index is 13.7. The van der Waals surface area contributed by atoms with E-state index in [1.54, 1.807) is 0 Å². The fourth-order valence-corrected chi connectivity index (χ4v) is 6.29. The van der Waals surface area contributed by atoms with Gasteiger partial charge >= 0.3 is 0 Å². The molecule has 2 aromatic carbocycles. The van der Waals surface area contributed by atoms with E-state index in [0.29, 0.717) is 12.5 Å². The van der Waals surface area contributed by atoms with Gasteiger partial charge in [-0.25, -0.2) is 0 Å². The van der Waals surface area contributed by atoms with Gasteiger partial charge in [0.05, 0.1) is 0 Å². The number of amides is 1. The van der Waals surface area contributed by atoms with Gasteiger partial charge in [0.1, 0.15) is 5.54 Å². The molecule has 6 rings (SSSR count). The molecule has 3 saturated heterocycles. The van der Waals surface area contributed by atoms with Crippen molar-refractivity contribution in [1.82, 2.24) is 9.80 Å². The van der Waals surface area contributed by atoms with Crippen LogP contribution in [0.1, 0.15) is 36.4 Å². The Balaban J connectivity index is 1.31. The molecular formula is C23H23ClN2O3. The number of likely N-dealkylation sites (tertiary alicyclic amines) is 1. The first-order chi connectivity index (χ1) is 14.2. The van der Waals surface area contributed by atoms with Gasteiger partial charge in [0.15, 0.2) is 11.5 Å². The molecule has 6 heteroatoms. The lowest BCUT2D eigenvalue weighted by Gasteiger charge is -2.34. The molecule has 4 aliphatic rings. The van der Waals surface area contributed by atoms with Crippen LogP contribution in [-0.4, -0.2) is 41.1 Å². The zero-order valence-corrected chi connectivity index (χ0v) is 16.9. The topological polar surface area (TPSA) is 42.0 Å². The Morgan fingerprint density at radius 1 is 1.17 bits per heavy atom. The molecule has 1 amide bonds. The number of ether oxygens (including phenoxy) is 2. The molecule has 29 heavy (non-hydrogen) atoms. The summed E-state index contributed by atoms with van der Waals surface area (Å²) in [6.07, 6.45) is 3.00. The third-order valence-corrected chi connectivity index (χ3v) is 7.41. The van der Waals surface area contributed by atoms with Crippen LogP contribution in [0.25, 0.3) is 0 Å². The first kappa shape index (κ1) is 17.6. The Labute approximate surface area is 175 Å². The highest BCUT2D eigenvalue weighted by molar-refractivity contribution is 6.30. The maximum Gasteiger partial charge on any atom is 0.243 e. The van der Waals surface area contributed by atoms with Crippen LogP contribution in [0, 0.1) is 5.92 Å². The van der Waals surface area contributed by atoms with Crippen LogP contribution in [0.2, 0.25) is 5.02 Å². The van der Waals surface area contributed by atoms with Gasteiger partial charge in [0.2, 0.25) is 12.7 Å². The SMILES string of the molecule is O=C1N(Cc2cccc(Cl)c2)C[C@@H]2C[C@@H](c3cccc4c3OCO4)N3CCC[C@@]123. The maximum atomic E-state index is 13.7. The van der Waals surface area contributed by atoms with Crippen LogP contribution in [0.3, 0.4) is 0 Å². The Morgan fingerprint density at radius 2 is 2.07 bits per heavy atom. The average molecular weight is 411 g/mol. The lowest BCUT2D eigenvalue weighted by molar-refractivity contribution is -0.137. The highest BCUT2D eigenvalue weighted by Gasteiger charge is 2.65. The highest BCUT2D eigenvalue weighted by atomic mass is 35.5. The molecule has 0 bridgehead atoms. The van der Waals surface area contributed by atoms with Crippen LogP contribution in [-0.2, 0) is 11.3 Å². The lowest BCUT2D eigenvalue weighted by atomic mass is 9.85. The molecule has 0 aromatic heterocycles. The highest BCUT2D eigenvalue weighted by Crippen LogP contribution is 2.58. The summed E-state index contributed by atoms with van der Waals surface area (Å²) in [5.74, 6) is 2.32. The first-order valence-corrected chi connectivity index (χ1v) is 10.7. The van der Waals surface area contributed by atoms with Crippen molar-refractivity contribution in [2.24, 2.45) is 5.92 Å². The number of carbonyl (C=O) groups excluding carboxylic acids is 1. The van der Waals surface area contributed by atoms with E-state index in [2.05, 4.69) is 11.0 Å². The summed E-state index contributed by atoms with van der Waals surface area (Å²) in [6, 6.07) is 14.2. The van der Waals surface area contributed by atoms with E-state index in [-0.39, 0.29) is 24.3 Å². The molecule has 150 valence electrons. The van der Waals surface area contributed by atoms with Crippen LogP contribution in [0.5, 0.6) is 11.5 Å². The predicted octanol–water partition coefficient (Wildman–Crippen LogP) is 4.01. The van der Waals surface area contributed by atoms with Gasteiger partial charge < -0.3 is 14.4 Å². The minimum atomic E-state index is -0.356. The quantitative estimate of drug-likeness (QED) is 0.766. The minimum absolute atomic E-state index is 0.219. The summed E-state index contributed by atoms with van der Waals surface area (Å²) >= 11 is 6.15. The van der Waals surface area contributed by atoms with Crippen molar-refractivity contribution in [3.05, 3.63) is 58.6 Å². The van der Waals surface area contributed by atoms with E-state index in [1.807, 2.05) is 41.3 Å². The molecule has 3 fully saturated rings.